The number of methoxy groups -OCH3 is 2. The van der Waals surface area contributed by atoms with E-state index < -0.39 is 11.9 Å². The van der Waals surface area contributed by atoms with Crippen LogP contribution in [-0.2, 0) is 16.1 Å². The Kier molecular flexibility index (Phi) is 3.96. The van der Waals surface area contributed by atoms with E-state index in [0.29, 0.717) is 0 Å². The van der Waals surface area contributed by atoms with Crippen LogP contribution >= 0.6 is 0 Å². The third kappa shape index (κ3) is 2.54. The van der Waals surface area contributed by atoms with Crippen LogP contribution in [0.25, 0.3) is 0 Å². The molecule has 0 spiro atoms. The van der Waals surface area contributed by atoms with Crippen molar-refractivity contribution in [3.8, 4) is 0 Å². The summed E-state index contributed by atoms with van der Waals surface area (Å²) in [6.07, 6.45) is 0. The average molecular weight is 225 g/mol. The smallest absolute Gasteiger partial charge is 0.356 e. The van der Waals surface area contributed by atoms with Gasteiger partial charge < -0.3 is 14.6 Å². The van der Waals surface area contributed by atoms with Crippen LogP contribution in [0.4, 0.5) is 0 Å². The lowest BCUT2D eigenvalue weighted by Gasteiger charge is -2.04. The minimum absolute atomic E-state index is 0.0468. The van der Waals surface area contributed by atoms with Crippen molar-refractivity contribution in [3.05, 3.63) is 29.1 Å². The molecule has 0 aliphatic heterocycles. The zero-order valence-corrected chi connectivity index (χ0v) is 8.89. The van der Waals surface area contributed by atoms with E-state index >= 15 is 0 Å². The Morgan fingerprint density at radius 3 is 2.38 bits per heavy atom. The second-order valence-electron chi connectivity index (χ2n) is 2.87. The fraction of sp³-hybridized carbons (Fsp3) is 0.300. The van der Waals surface area contributed by atoms with Gasteiger partial charge in [-0.3, -0.25) is 0 Å². The van der Waals surface area contributed by atoms with Crippen molar-refractivity contribution in [3.63, 3.8) is 0 Å². The zero-order valence-electron chi connectivity index (χ0n) is 8.89. The minimum Gasteiger partial charge on any atom is -0.465 e. The van der Waals surface area contributed by atoms with E-state index in [4.69, 9.17) is 5.11 Å². The molecule has 0 unspecified atom stereocenters. The largest absolute Gasteiger partial charge is 0.465 e. The standard InChI is InChI=1S/C10H11NO5/c1-15-9(13)6-3-7(5-12)11-8(4-6)10(14)16-2/h3-4,12H,5H2,1-2H3. The van der Waals surface area contributed by atoms with Crippen LogP contribution in [0, 0.1) is 0 Å². The summed E-state index contributed by atoms with van der Waals surface area (Å²) in [5, 5.41) is 8.93. The summed E-state index contributed by atoms with van der Waals surface area (Å²) in [7, 11) is 2.42. The fourth-order valence-corrected chi connectivity index (χ4v) is 1.11. The van der Waals surface area contributed by atoms with Gasteiger partial charge in [-0.2, -0.15) is 0 Å². The van der Waals surface area contributed by atoms with E-state index in [1.54, 1.807) is 0 Å². The van der Waals surface area contributed by atoms with E-state index in [0.717, 1.165) is 0 Å². The molecule has 0 aliphatic carbocycles. The average Bonchev–Trinajstić information content (AvgIpc) is 2.35. The Hall–Kier alpha value is -1.95. The number of hydrogen-bond acceptors (Lipinski definition) is 6. The third-order valence-electron chi connectivity index (χ3n) is 1.86. The van der Waals surface area contributed by atoms with Gasteiger partial charge in [0.25, 0.3) is 0 Å². The highest BCUT2D eigenvalue weighted by atomic mass is 16.5. The van der Waals surface area contributed by atoms with Crippen LogP contribution in [0.1, 0.15) is 26.5 Å². The number of nitrogens with zero attached hydrogens (tertiary/aromatic N) is 1. The quantitative estimate of drug-likeness (QED) is 0.737. The summed E-state index contributed by atoms with van der Waals surface area (Å²) in [6.45, 7) is -0.380. The van der Waals surface area contributed by atoms with Crippen LogP contribution in [0.15, 0.2) is 12.1 Å². The maximum Gasteiger partial charge on any atom is 0.356 e. The van der Waals surface area contributed by atoms with Gasteiger partial charge in [0.15, 0.2) is 0 Å². The maximum absolute atomic E-state index is 11.3. The molecule has 0 bridgehead atoms. The highest BCUT2D eigenvalue weighted by molar-refractivity contribution is 5.94. The maximum atomic E-state index is 11.3. The molecule has 0 saturated heterocycles. The van der Waals surface area contributed by atoms with E-state index in [-0.39, 0.29) is 23.6 Å². The minimum atomic E-state index is -0.680. The van der Waals surface area contributed by atoms with Gasteiger partial charge in [-0.15, -0.1) is 0 Å². The Labute approximate surface area is 91.8 Å². The lowest BCUT2D eigenvalue weighted by Crippen LogP contribution is -2.10. The lowest BCUT2D eigenvalue weighted by molar-refractivity contribution is 0.0592. The molecule has 0 amide bonds. The Morgan fingerprint density at radius 1 is 1.25 bits per heavy atom. The zero-order chi connectivity index (χ0) is 12.1. The highest BCUT2D eigenvalue weighted by Crippen LogP contribution is 2.09. The number of pyridine rings is 1. The van der Waals surface area contributed by atoms with Crippen LogP contribution in [0.5, 0.6) is 0 Å². The van der Waals surface area contributed by atoms with Gasteiger partial charge in [0, 0.05) is 0 Å². The van der Waals surface area contributed by atoms with Crippen molar-refractivity contribution in [2.24, 2.45) is 0 Å². The fourth-order valence-electron chi connectivity index (χ4n) is 1.11. The number of hydrogen-bond donors (Lipinski definition) is 1. The van der Waals surface area contributed by atoms with Crippen LogP contribution in [0.2, 0.25) is 0 Å². The summed E-state index contributed by atoms with van der Waals surface area (Å²) in [5.41, 5.74) is 0.291. The van der Waals surface area contributed by atoms with Crippen molar-refractivity contribution in [2.45, 2.75) is 6.61 Å². The molecule has 0 radical (unpaired) electrons. The molecule has 0 saturated carbocycles. The molecule has 86 valence electrons. The van der Waals surface area contributed by atoms with Gasteiger partial charge in [-0.05, 0) is 12.1 Å². The first-order chi connectivity index (χ1) is 7.62. The van der Waals surface area contributed by atoms with Crippen LogP contribution in [-0.4, -0.2) is 36.2 Å². The number of carbonyl (C=O) groups is 2. The number of aliphatic hydroxyl groups is 1. The number of esters is 2. The molecule has 1 heterocycles. The predicted molar refractivity (Wildman–Crippen MR) is 52.8 cm³/mol. The Bertz CT molecular complexity index is 381. The number of aliphatic hydroxyl groups excluding tert-OH is 1. The van der Waals surface area contributed by atoms with Gasteiger partial charge >= 0.3 is 11.9 Å². The Balaban J connectivity index is 3.20. The molecule has 0 atom stereocenters. The summed E-state index contributed by atoms with van der Waals surface area (Å²) in [5.74, 6) is -1.29. The van der Waals surface area contributed by atoms with E-state index in [2.05, 4.69) is 14.5 Å². The second kappa shape index (κ2) is 5.22. The number of aromatic nitrogens is 1. The van der Waals surface area contributed by atoms with Gasteiger partial charge in [0.1, 0.15) is 5.69 Å². The van der Waals surface area contributed by atoms with Gasteiger partial charge in [-0.1, -0.05) is 0 Å². The number of carbonyl (C=O) groups excluding carboxylic acids is 2. The molecule has 6 nitrogen and oxygen atoms in total. The summed E-state index contributed by atoms with van der Waals surface area (Å²) < 4.78 is 8.97. The van der Waals surface area contributed by atoms with Crippen molar-refractivity contribution < 1.29 is 24.2 Å². The summed E-state index contributed by atoms with van der Waals surface area (Å²) >= 11 is 0. The van der Waals surface area contributed by atoms with E-state index in [9.17, 15) is 9.59 Å². The summed E-state index contributed by atoms with van der Waals surface area (Å²) in [6, 6.07) is 2.59. The topological polar surface area (TPSA) is 85.7 Å². The Morgan fingerprint density at radius 2 is 1.88 bits per heavy atom. The molecule has 1 rings (SSSR count). The van der Waals surface area contributed by atoms with E-state index in [1.807, 2.05) is 0 Å². The first kappa shape index (κ1) is 12.1. The first-order valence-electron chi connectivity index (χ1n) is 4.40. The molecule has 1 N–H and O–H groups in total. The predicted octanol–water partition coefficient (Wildman–Crippen LogP) is 0.147. The van der Waals surface area contributed by atoms with E-state index in [1.165, 1.54) is 26.4 Å². The van der Waals surface area contributed by atoms with Crippen LogP contribution in [0.3, 0.4) is 0 Å². The van der Waals surface area contributed by atoms with Crippen molar-refractivity contribution in [2.75, 3.05) is 14.2 Å². The monoisotopic (exact) mass is 225 g/mol. The molecule has 16 heavy (non-hydrogen) atoms. The molecular formula is C10H11NO5. The third-order valence-corrected chi connectivity index (χ3v) is 1.86. The summed E-state index contributed by atoms with van der Waals surface area (Å²) in [4.78, 5) is 26.3. The number of ether oxygens (including phenoxy) is 2. The van der Waals surface area contributed by atoms with Crippen molar-refractivity contribution >= 4 is 11.9 Å². The van der Waals surface area contributed by atoms with Crippen molar-refractivity contribution in [1.29, 1.82) is 0 Å². The lowest BCUT2D eigenvalue weighted by atomic mass is 10.2. The molecule has 0 fully saturated rings. The molecule has 0 aromatic carbocycles. The van der Waals surface area contributed by atoms with Gasteiger partial charge in [0.05, 0.1) is 32.1 Å². The van der Waals surface area contributed by atoms with Crippen LogP contribution < -0.4 is 0 Å². The molecular weight excluding hydrogens is 214 g/mol. The normalized spacial score (nSPS) is 9.69. The first-order valence-corrected chi connectivity index (χ1v) is 4.40. The SMILES string of the molecule is COC(=O)c1cc(CO)nc(C(=O)OC)c1. The van der Waals surface area contributed by atoms with Gasteiger partial charge in [0.2, 0.25) is 0 Å². The highest BCUT2D eigenvalue weighted by Gasteiger charge is 2.14. The molecule has 1 aromatic heterocycles. The molecule has 1 aromatic rings. The number of rotatable bonds is 3. The van der Waals surface area contributed by atoms with Gasteiger partial charge in [-0.25, -0.2) is 14.6 Å². The van der Waals surface area contributed by atoms with Crippen molar-refractivity contribution in [1.82, 2.24) is 4.98 Å². The second-order valence-corrected chi connectivity index (χ2v) is 2.87. The molecule has 0 aliphatic rings. The molecule has 6 heteroatoms.